The van der Waals surface area contributed by atoms with Crippen molar-refractivity contribution in [3.63, 3.8) is 0 Å². The van der Waals surface area contributed by atoms with E-state index in [1.165, 1.54) is 0 Å². The van der Waals surface area contributed by atoms with Gasteiger partial charge in [0.15, 0.2) is 4.90 Å². The summed E-state index contributed by atoms with van der Waals surface area (Å²) in [5.74, 6) is -2.46. The number of benzene rings is 2. The normalized spacial score (nSPS) is 11.6. The van der Waals surface area contributed by atoms with Gasteiger partial charge in [-0.05, 0) is 29.8 Å². The first-order chi connectivity index (χ1) is 9.79. The van der Waals surface area contributed by atoms with Crippen LogP contribution in [-0.2, 0) is 16.6 Å². The summed E-state index contributed by atoms with van der Waals surface area (Å²) in [5, 5.41) is 0. The van der Waals surface area contributed by atoms with E-state index in [0.29, 0.717) is 5.56 Å². The Morgan fingerprint density at radius 3 is 2.33 bits per heavy atom. The first kappa shape index (κ1) is 15.9. The number of sulfonamides is 1. The Kier molecular flexibility index (Phi) is 4.60. The molecule has 2 rings (SSSR count). The zero-order valence-corrected chi connectivity index (χ0v) is 13.0. The van der Waals surface area contributed by atoms with E-state index < -0.39 is 26.6 Å². The van der Waals surface area contributed by atoms with Gasteiger partial charge in [-0.3, -0.25) is 0 Å². The minimum absolute atomic E-state index is 0.0922. The molecule has 0 spiro atoms. The molecule has 0 aliphatic heterocycles. The highest BCUT2D eigenvalue weighted by Gasteiger charge is 2.24. The van der Waals surface area contributed by atoms with Gasteiger partial charge in [0.05, 0.1) is 0 Å². The molecule has 4 nitrogen and oxygen atoms in total. The lowest BCUT2D eigenvalue weighted by Crippen LogP contribution is -2.25. The van der Waals surface area contributed by atoms with Crippen LogP contribution in [-0.4, -0.2) is 8.42 Å². The van der Waals surface area contributed by atoms with E-state index in [1.807, 2.05) is 0 Å². The quantitative estimate of drug-likeness (QED) is 0.805. The lowest BCUT2D eigenvalue weighted by atomic mass is 10.2. The van der Waals surface area contributed by atoms with Crippen molar-refractivity contribution in [1.82, 2.24) is 4.72 Å². The summed E-state index contributed by atoms with van der Waals surface area (Å²) in [4.78, 5) is -1.04. The first-order valence-corrected chi connectivity index (χ1v) is 8.06. The summed E-state index contributed by atoms with van der Waals surface area (Å²) in [6.07, 6.45) is 0. The van der Waals surface area contributed by atoms with Crippen molar-refractivity contribution in [1.29, 1.82) is 0 Å². The molecule has 0 amide bonds. The molecule has 2 aromatic rings. The second kappa shape index (κ2) is 6.08. The van der Waals surface area contributed by atoms with Gasteiger partial charge in [0.25, 0.3) is 0 Å². The average molecular weight is 377 g/mol. The molecule has 0 bridgehead atoms. The molecule has 0 atom stereocenters. The molecule has 0 aromatic heterocycles. The Bertz CT molecular complexity index is 758. The molecule has 21 heavy (non-hydrogen) atoms. The number of halogens is 3. The standard InChI is InChI=1S/C13H11BrF2N2O2S/c14-9-3-1-2-8(4-9)7-18-21(19,20)13-11(15)5-10(17)6-12(13)16/h1-6,18H,7,17H2. The van der Waals surface area contributed by atoms with Crippen molar-refractivity contribution >= 4 is 31.6 Å². The van der Waals surface area contributed by atoms with Crippen LogP contribution in [0.2, 0.25) is 0 Å². The minimum Gasteiger partial charge on any atom is -0.399 e. The smallest absolute Gasteiger partial charge is 0.246 e. The van der Waals surface area contributed by atoms with Crippen molar-refractivity contribution in [3.8, 4) is 0 Å². The van der Waals surface area contributed by atoms with E-state index in [4.69, 9.17) is 5.73 Å². The van der Waals surface area contributed by atoms with Crippen molar-refractivity contribution in [3.05, 3.63) is 58.1 Å². The Balaban J connectivity index is 2.27. The van der Waals surface area contributed by atoms with Gasteiger partial charge in [0.2, 0.25) is 10.0 Å². The van der Waals surface area contributed by atoms with Gasteiger partial charge < -0.3 is 5.73 Å². The lowest BCUT2D eigenvalue weighted by molar-refractivity contribution is 0.514. The molecule has 0 saturated heterocycles. The van der Waals surface area contributed by atoms with Crippen LogP contribution in [0.3, 0.4) is 0 Å². The summed E-state index contributed by atoms with van der Waals surface area (Å²) in [6, 6.07) is 8.39. The Morgan fingerprint density at radius 2 is 1.76 bits per heavy atom. The van der Waals surface area contributed by atoms with Crippen LogP contribution in [0.1, 0.15) is 5.56 Å². The molecule has 0 aliphatic carbocycles. The van der Waals surface area contributed by atoms with Crippen LogP contribution in [0.5, 0.6) is 0 Å². The number of hydrogen-bond acceptors (Lipinski definition) is 3. The van der Waals surface area contributed by atoms with Crippen LogP contribution in [0.15, 0.2) is 45.8 Å². The van der Waals surface area contributed by atoms with Crippen molar-refractivity contribution < 1.29 is 17.2 Å². The highest BCUT2D eigenvalue weighted by molar-refractivity contribution is 9.10. The monoisotopic (exact) mass is 376 g/mol. The van der Waals surface area contributed by atoms with Gasteiger partial charge in [0.1, 0.15) is 11.6 Å². The third-order valence-corrected chi connectivity index (χ3v) is 4.59. The van der Waals surface area contributed by atoms with Crippen LogP contribution >= 0.6 is 15.9 Å². The average Bonchev–Trinajstić information content (AvgIpc) is 2.35. The molecule has 0 unspecified atom stereocenters. The van der Waals surface area contributed by atoms with E-state index in [2.05, 4.69) is 20.7 Å². The Hall–Kier alpha value is -1.51. The fourth-order valence-corrected chi connectivity index (χ4v) is 3.31. The van der Waals surface area contributed by atoms with Gasteiger partial charge in [-0.2, -0.15) is 0 Å². The molecule has 112 valence electrons. The fraction of sp³-hybridized carbons (Fsp3) is 0.0769. The van der Waals surface area contributed by atoms with Crippen molar-refractivity contribution in [2.45, 2.75) is 11.4 Å². The van der Waals surface area contributed by atoms with Crippen LogP contribution < -0.4 is 10.5 Å². The number of rotatable bonds is 4. The molecule has 0 fully saturated rings. The SMILES string of the molecule is Nc1cc(F)c(S(=O)(=O)NCc2cccc(Br)c2)c(F)c1. The van der Waals surface area contributed by atoms with Gasteiger partial charge in [-0.1, -0.05) is 28.1 Å². The van der Waals surface area contributed by atoms with Gasteiger partial charge in [-0.15, -0.1) is 0 Å². The number of nitrogens with one attached hydrogen (secondary N) is 1. The highest BCUT2D eigenvalue weighted by Crippen LogP contribution is 2.22. The number of anilines is 1. The molecule has 8 heteroatoms. The third kappa shape index (κ3) is 3.78. The van der Waals surface area contributed by atoms with Crippen LogP contribution in [0.25, 0.3) is 0 Å². The summed E-state index contributed by atoms with van der Waals surface area (Å²) in [6.45, 7) is -0.0922. The summed E-state index contributed by atoms with van der Waals surface area (Å²) >= 11 is 3.25. The third-order valence-electron chi connectivity index (χ3n) is 2.64. The first-order valence-electron chi connectivity index (χ1n) is 5.78. The van der Waals surface area contributed by atoms with E-state index in [9.17, 15) is 17.2 Å². The predicted octanol–water partition coefficient (Wildman–Crippen LogP) is 2.79. The van der Waals surface area contributed by atoms with Crippen molar-refractivity contribution in [2.75, 3.05) is 5.73 Å². The predicted molar refractivity (Wildman–Crippen MR) is 78.9 cm³/mol. The Morgan fingerprint density at radius 1 is 1.14 bits per heavy atom. The number of nitrogen functional groups attached to an aromatic ring is 1. The second-order valence-electron chi connectivity index (χ2n) is 4.27. The lowest BCUT2D eigenvalue weighted by Gasteiger charge is -2.09. The minimum atomic E-state index is -4.32. The number of nitrogens with two attached hydrogens (primary N) is 1. The molecule has 0 aliphatic rings. The zero-order valence-electron chi connectivity index (χ0n) is 10.6. The van der Waals surface area contributed by atoms with Crippen LogP contribution in [0, 0.1) is 11.6 Å². The van der Waals surface area contributed by atoms with Gasteiger partial charge in [0, 0.05) is 16.7 Å². The van der Waals surface area contributed by atoms with Gasteiger partial charge >= 0.3 is 0 Å². The maximum Gasteiger partial charge on any atom is 0.246 e. The summed E-state index contributed by atoms with van der Waals surface area (Å²) < 4.78 is 54.2. The molecule has 0 heterocycles. The molecular weight excluding hydrogens is 366 g/mol. The molecule has 0 saturated carbocycles. The second-order valence-corrected chi connectivity index (χ2v) is 6.89. The Labute approximate surface area is 129 Å². The maximum atomic E-state index is 13.7. The zero-order chi connectivity index (χ0) is 15.6. The summed E-state index contributed by atoms with van der Waals surface area (Å²) in [7, 11) is -4.32. The van der Waals surface area contributed by atoms with Gasteiger partial charge in [-0.25, -0.2) is 21.9 Å². The fourth-order valence-electron chi connectivity index (χ4n) is 1.73. The topological polar surface area (TPSA) is 72.2 Å². The van der Waals surface area contributed by atoms with E-state index in [-0.39, 0.29) is 12.2 Å². The molecule has 3 N–H and O–H groups in total. The van der Waals surface area contributed by atoms with E-state index >= 15 is 0 Å². The molecule has 2 aromatic carbocycles. The van der Waals surface area contributed by atoms with Crippen LogP contribution in [0.4, 0.5) is 14.5 Å². The largest absolute Gasteiger partial charge is 0.399 e. The molecule has 0 radical (unpaired) electrons. The van der Waals surface area contributed by atoms with E-state index in [1.54, 1.807) is 24.3 Å². The highest BCUT2D eigenvalue weighted by atomic mass is 79.9. The number of hydrogen-bond donors (Lipinski definition) is 2. The van der Waals surface area contributed by atoms with E-state index in [0.717, 1.165) is 16.6 Å². The summed E-state index contributed by atoms with van der Waals surface area (Å²) in [5.41, 5.74) is 5.71. The molecular formula is C13H11BrF2N2O2S. The maximum absolute atomic E-state index is 13.7. The van der Waals surface area contributed by atoms with Crippen molar-refractivity contribution in [2.24, 2.45) is 0 Å².